The maximum Gasteiger partial charge on any atom is 0.191 e. The number of rotatable bonds is 3. The molecule has 1 aliphatic carbocycles. The number of aliphatic imine (C=N–C) groups is 1. The second-order valence-electron chi connectivity index (χ2n) is 5.86. The molecule has 114 valence electrons. The van der Waals surface area contributed by atoms with Crippen LogP contribution in [0, 0.1) is 11.8 Å². The molecule has 22 heavy (non-hydrogen) atoms. The van der Waals surface area contributed by atoms with Crippen molar-refractivity contribution in [3.05, 3.63) is 48.3 Å². The Labute approximate surface area is 129 Å². The van der Waals surface area contributed by atoms with Crippen molar-refractivity contribution in [2.24, 2.45) is 28.3 Å². The van der Waals surface area contributed by atoms with E-state index in [1.165, 1.54) is 0 Å². The molecule has 3 rings (SSSR count). The van der Waals surface area contributed by atoms with Crippen molar-refractivity contribution in [2.45, 2.75) is 19.8 Å². The minimum absolute atomic E-state index is 0.0559. The quantitative estimate of drug-likeness (QED) is 0.600. The Morgan fingerprint density at radius 3 is 2.77 bits per heavy atom. The highest BCUT2D eigenvalue weighted by molar-refractivity contribution is 5.83. The van der Waals surface area contributed by atoms with Crippen LogP contribution in [-0.4, -0.2) is 15.9 Å². The third-order valence-corrected chi connectivity index (χ3v) is 4.22. The van der Waals surface area contributed by atoms with Crippen molar-refractivity contribution in [3.63, 3.8) is 0 Å². The lowest BCUT2D eigenvalue weighted by atomic mass is 9.80. The van der Waals surface area contributed by atoms with Crippen LogP contribution in [0.25, 0.3) is 11.0 Å². The first-order valence-corrected chi connectivity index (χ1v) is 7.49. The summed E-state index contributed by atoms with van der Waals surface area (Å²) < 4.78 is 0. The second-order valence-corrected chi connectivity index (χ2v) is 5.86. The maximum absolute atomic E-state index is 5.42. The maximum atomic E-state index is 5.42. The van der Waals surface area contributed by atoms with Gasteiger partial charge in [0.15, 0.2) is 5.96 Å². The van der Waals surface area contributed by atoms with Crippen LogP contribution in [0.4, 0.5) is 5.69 Å². The standard InChI is InChI=1S/C17H21N5/c1-10-5-3-4-6-13(10)11(2)16-21-14-8-7-12(20-17(18)19)9-15(14)22-16/h3-11,13H,1-2H3,(H,21,22)(H4,18,19,20). The Kier molecular flexibility index (Phi) is 3.71. The molecule has 0 saturated heterocycles. The second kappa shape index (κ2) is 5.67. The van der Waals surface area contributed by atoms with E-state index in [4.69, 9.17) is 16.5 Å². The van der Waals surface area contributed by atoms with Gasteiger partial charge in [0, 0.05) is 5.92 Å². The third kappa shape index (κ3) is 2.74. The van der Waals surface area contributed by atoms with Crippen LogP contribution < -0.4 is 11.5 Å². The number of allylic oxidation sites excluding steroid dienone is 4. The molecule has 3 unspecified atom stereocenters. The van der Waals surface area contributed by atoms with Gasteiger partial charge in [0.1, 0.15) is 5.82 Å². The molecule has 0 bridgehead atoms. The minimum Gasteiger partial charge on any atom is -0.370 e. The van der Waals surface area contributed by atoms with E-state index < -0.39 is 0 Å². The Hall–Kier alpha value is -2.56. The number of nitrogens with two attached hydrogens (primary N) is 2. The molecular weight excluding hydrogens is 274 g/mol. The number of nitrogens with one attached hydrogen (secondary N) is 1. The lowest BCUT2D eigenvalue weighted by Gasteiger charge is -2.25. The third-order valence-electron chi connectivity index (χ3n) is 4.22. The summed E-state index contributed by atoms with van der Waals surface area (Å²) in [5, 5.41) is 0. The fraction of sp³-hybridized carbons (Fsp3) is 0.294. The van der Waals surface area contributed by atoms with Crippen LogP contribution >= 0.6 is 0 Å². The number of guanidine groups is 1. The largest absolute Gasteiger partial charge is 0.370 e. The first-order valence-electron chi connectivity index (χ1n) is 7.49. The fourth-order valence-corrected chi connectivity index (χ4v) is 2.99. The number of benzene rings is 1. The molecule has 0 spiro atoms. The summed E-state index contributed by atoms with van der Waals surface area (Å²) in [6.45, 7) is 4.44. The summed E-state index contributed by atoms with van der Waals surface area (Å²) >= 11 is 0. The Morgan fingerprint density at radius 2 is 2.05 bits per heavy atom. The Bertz CT molecular complexity index is 764. The first-order chi connectivity index (χ1) is 10.5. The smallest absolute Gasteiger partial charge is 0.191 e. The molecule has 0 saturated carbocycles. The zero-order valence-electron chi connectivity index (χ0n) is 12.8. The van der Waals surface area contributed by atoms with Gasteiger partial charge < -0.3 is 16.5 Å². The van der Waals surface area contributed by atoms with Gasteiger partial charge >= 0.3 is 0 Å². The summed E-state index contributed by atoms with van der Waals surface area (Å²) in [6, 6.07) is 5.71. The number of H-pyrrole nitrogens is 1. The van der Waals surface area contributed by atoms with Gasteiger partial charge in [0.2, 0.25) is 0 Å². The predicted octanol–water partition coefficient (Wildman–Crippen LogP) is 2.95. The molecule has 1 aliphatic rings. The highest BCUT2D eigenvalue weighted by Crippen LogP contribution is 2.33. The number of hydrogen-bond acceptors (Lipinski definition) is 2. The van der Waals surface area contributed by atoms with E-state index >= 15 is 0 Å². The van der Waals surface area contributed by atoms with E-state index in [0.29, 0.717) is 17.8 Å². The topological polar surface area (TPSA) is 93.1 Å². The van der Waals surface area contributed by atoms with E-state index in [-0.39, 0.29) is 5.96 Å². The van der Waals surface area contributed by atoms with Gasteiger partial charge in [-0.05, 0) is 30.0 Å². The average molecular weight is 295 g/mol. The number of aromatic nitrogens is 2. The summed E-state index contributed by atoms with van der Waals surface area (Å²) in [7, 11) is 0. The molecule has 0 amide bonds. The zero-order chi connectivity index (χ0) is 15.7. The molecule has 1 aromatic carbocycles. The van der Waals surface area contributed by atoms with Gasteiger partial charge in [-0.15, -0.1) is 0 Å². The molecule has 2 aromatic rings. The lowest BCUT2D eigenvalue weighted by Crippen LogP contribution is -2.21. The van der Waals surface area contributed by atoms with Gasteiger partial charge in [0.05, 0.1) is 16.7 Å². The average Bonchev–Trinajstić information content (AvgIpc) is 2.89. The van der Waals surface area contributed by atoms with E-state index in [2.05, 4.69) is 48.1 Å². The Morgan fingerprint density at radius 1 is 1.27 bits per heavy atom. The lowest BCUT2D eigenvalue weighted by molar-refractivity contribution is 0.425. The summed E-state index contributed by atoms with van der Waals surface area (Å²) in [4.78, 5) is 12.2. The monoisotopic (exact) mass is 295 g/mol. The van der Waals surface area contributed by atoms with Crippen LogP contribution in [-0.2, 0) is 0 Å². The van der Waals surface area contributed by atoms with Crippen LogP contribution in [0.2, 0.25) is 0 Å². The molecule has 3 atom stereocenters. The first kappa shape index (κ1) is 14.4. The molecule has 1 heterocycles. The van der Waals surface area contributed by atoms with Crippen molar-refractivity contribution >= 4 is 22.7 Å². The summed E-state index contributed by atoms with van der Waals surface area (Å²) in [5.74, 6) is 2.32. The van der Waals surface area contributed by atoms with Gasteiger partial charge in [-0.1, -0.05) is 38.2 Å². The summed E-state index contributed by atoms with van der Waals surface area (Å²) in [5.41, 5.74) is 13.5. The number of nitrogens with zero attached hydrogens (tertiary/aromatic N) is 2. The van der Waals surface area contributed by atoms with E-state index in [0.717, 1.165) is 22.5 Å². The number of fused-ring (bicyclic) bond motifs is 1. The van der Waals surface area contributed by atoms with Gasteiger partial charge in [0.25, 0.3) is 0 Å². The van der Waals surface area contributed by atoms with E-state index in [1.807, 2.05) is 18.2 Å². The number of imidazole rings is 1. The van der Waals surface area contributed by atoms with Crippen LogP contribution in [0.1, 0.15) is 25.6 Å². The number of aromatic amines is 1. The zero-order valence-corrected chi connectivity index (χ0v) is 12.8. The molecule has 1 aromatic heterocycles. The van der Waals surface area contributed by atoms with E-state index in [1.54, 1.807) is 0 Å². The summed E-state index contributed by atoms with van der Waals surface area (Å²) in [6.07, 6.45) is 8.71. The van der Waals surface area contributed by atoms with Gasteiger partial charge in [-0.3, -0.25) is 0 Å². The molecule has 5 N–H and O–H groups in total. The normalized spacial score (nSPS) is 21.9. The van der Waals surface area contributed by atoms with Crippen LogP contribution in [0.5, 0.6) is 0 Å². The van der Waals surface area contributed by atoms with Crippen LogP contribution in [0.3, 0.4) is 0 Å². The molecule has 0 radical (unpaired) electrons. The highest BCUT2D eigenvalue weighted by atomic mass is 15.0. The molecule has 0 aliphatic heterocycles. The minimum atomic E-state index is 0.0559. The molecule has 5 heteroatoms. The Balaban J connectivity index is 1.93. The SMILES string of the molecule is CC1C=CC=CC1C(C)c1nc2ccc(N=C(N)N)cc2[nH]1. The van der Waals surface area contributed by atoms with Crippen LogP contribution in [0.15, 0.2) is 47.5 Å². The molecule has 0 fully saturated rings. The van der Waals surface area contributed by atoms with Crippen molar-refractivity contribution in [1.82, 2.24) is 9.97 Å². The highest BCUT2D eigenvalue weighted by Gasteiger charge is 2.24. The fourth-order valence-electron chi connectivity index (χ4n) is 2.99. The predicted molar refractivity (Wildman–Crippen MR) is 90.9 cm³/mol. The van der Waals surface area contributed by atoms with E-state index in [9.17, 15) is 0 Å². The van der Waals surface area contributed by atoms with Crippen molar-refractivity contribution in [2.75, 3.05) is 0 Å². The van der Waals surface area contributed by atoms with Crippen molar-refractivity contribution < 1.29 is 0 Å². The number of hydrogen-bond donors (Lipinski definition) is 3. The molecular formula is C17H21N5. The molecule has 5 nitrogen and oxygen atoms in total. The van der Waals surface area contributed by atoms with Gasteiger partial charge in [-0.2, -0.15) is 0 Å². The van der Waals surface area contributed by atoms with Crippen molar-refractivity contribution in [3.8, 4) is 0 Å². The van der Waals surface area contributed by atoms with Gasteiger partial charge in [-0.25, -0.2) is 9.98 Å². The van der Waals surface area contributed by atoms with Crippen molar-refractivity contribution in [1.29, 1.82) is 0 Å².